The predicted octanol–water partition coefficient (Wildman–Crippen LogP) is 6.32. The lowest BCUT2D eigenvalue weighted by atomic mass is 9.63. The lowest BCUT2D eigenvalue weighted by Gasteiger charge is -2.44. The van der Waals surface area contributed by atoms with Gasteiger partial charge in [0.2, 0.25) is 0 Å². The van der Waals surface area contributed by atoms with Gasteiger partial charge < -0.3 is 48.5 Å². The number of cyclic esters (lactones) is 1. The fourth-order valence-corrected chi connectivity index (χ4v) is 12.8. The van der Waals surface area contributed by atoms with E-state index in [9.17, 15) is 9.90 Å². The van der Waals surface area contributed by atoms with E-state index in [4.69, 9.17) is 33.2 Å². The van der Waals surface area contributed by atoms with Crippen LogP contribution >= 0.6 is 0 Å². The highest BCUT2D eigenvalue weighted by Crippen LogP contribution is 2.57. The summed E-state index contributed by atoms with van der Waals surface area (Å²) in [5, 5.41) is 15.8. The van der Waals surface area contributed by atoms with E-state index in [2.05, 4.69) is 75.4 Å². The van der Waals surface area contributed by atoms with Crippen molar-refractivity contribution < 1.29 is 47.9 Å². The maximum atomic E-state index is 15.1. The van der Waals surface area contributed by atoms with Crippen LogP contribution in [-0.2, 0) is 49.3 Å². The first kappa shape index (κ1) is 46.7. The molecule has 19 atom stereocenters. The molecule has 0 amide bonds. The van der Waals surface area contributed by atoms with E-state index in [0.717, 1.165) is 56.9 Å². The summed E-state index contributed by atoms with van der Waals surface area (Å²) >= 11 is 0. The topological polar surface area (TPSA) is 134 Å². The number of ether oxygens (including phenoxy) is 7. The van der Waals surface area contributed by atoms with Crippen LogP contribution in [0.15, 0.2) is 42.0 Å². The summed E-state index contributed by atoms with van der Waals surface area (Å²) in [5.74, 6) is -0.711. The van der Waals surface area contributed by atoms with Crippen molar-refractivity contribution in [2.45, 2.75) is 166 Å². The Balaban J connectivity index is 1.17. The van der Waals surface area contributed by atoms with Crippen molar-refractivity contribution in [3.8, 4) is 0 Å². The second kappa shape index (κ2) is 20.7. The average Bonchev–Trinajstić information content (AvgIpc) is 3.91. The van der Waals surface area contributed by atoms with Crippen molar-refractivity contribution in [2.24, 2.45) is 47.3 Å². The lowest BCUT2D eigenvalue weighted by molar-refractivity contribution is -0.231. The lowest BCUT2D eigenvalue weighted by Crippen LogP contribution is -2.49. The molecular formula is C49H76N2O10. The van der Waals surface area contributed by atoms with Gasteiger partial charge in [-0.1, -0.05) is 57.2 Å². The minimum Gasteiger partial charge on any atom is -0.462 e. The second-order valence-corrected chi connectivity index (χ2v) is 19.5. The molecule has 5 fully saturated rings. The number of benzene rings is 1. The van der Waals surface area contributed by atoms with Gasteiger partial charge >= 0.3 is 5.97 Å². The number of ketones is 1. The molecule has 3 saturated carbocycles. The Morgan fingerprint density at radius 3 is 2.33 bits per heavy atom. The summed E-state index contributed by atoms with van der Waals surface area (Å²) in [6, 6.07) is 10.8. The van der Waals surface area contributed by atoms with E-state index in [0.29, 0.717) is 24.9 Å². The van der Waals surface area contributed by atoms with Gasteiger partial charge in [-0.25, -0.2) is 0 Å². The molecular weight excluding hydrogens is 777 g/mol. The zero-order chi connectivity index (χ0) is 43.5. The quantitative estimate of drug-likeness (QED) is 0.170. The van der Waals surface area contributed by atoms with Crippen molar-refractivity contribution in [1.29, 1.82) is 0 Å². The number of carbonyl (C=O) groups excluding carboxylic acids is 2. The highest BCUT2D eigenvalue weighted by Gasteiger charge is 2.57. The molecule has 12 nitrogen and oxygen atoms in total. The number of aliphatic hydroxyl groups excluding tert-OH is 1. The van der Waals surface area contributed by atoms with Crippen molar-refractivity contribution in [1.82, 2.24) is 10.2 Å². The smallest absolute Gasteiger partial charge is 0.306 e. The number of nitrogens with one attached hydrogen (secondary N) is 1. The Morgan fingerprint density at radius 2 is 1.66 bits per heavy atom. The van der Waals surface area contributed by atoms with Gasteiger partial charge in [0.15, 0.2) is 18.4 Å². The highest BCUT2D eigenvalue weighted by atomic mass is 16.7. The molecule has 6 unspecified atom stereocenters. The largest absolute Gasteiger partial charge is 0.462 e. The predicted molar refractivity (Wildman–Crippen MR) is 231 cm³/mol. The SMILES string of the molecule is CC[C@H]1CCC[C@H](O[C@H]2CC[C@H](N(C)C)C(C)O2)[C@@H](C)C(=O)C2=C[C@H]3[C@@H]4C[C@H](O[C@H](O)C5C(OC)C(C)[C@H](OC)C5OC)C[C@H]4CC(NCc4ccccc4)[C@H]3[C@@H]2CC(=O)O1. The number of fused-ring (bicyclic) bond motifs is 5. The van der Waals surface area contributed by atoms with Crippen LogP contribution in [0.4, 0.5) is 0 Å². The van der Waals surface area contributed by atoms with Crippen LogP contribution in [-0.4, -0.2) is 125 Å². The number of likely N-dealkylation sites (N-methyl/N-ethyl adjacent to an activating group) is 1. The van der Waals surface area contributed by atoms with Crippen molar-refractivity contribution in [2.75, 3.05) is 35.4 Å². The molecule has 0 aromatic heterocycles. The van der Waals surface area contributed by atoms with Gasteiger partial charge in [-0.3, -0.25) is 9.59 Å². The number of esters is 1. The summed E-state index contributed by atoms with van der Waals surface area (Å²) in [7, 11) is 9.18. The molecule has 2 aliphatic heterocycles. The zero-order valence-corrected chi connectivity index (χ0v) is 38.3. The fourth-order valence-electron chi connectivity index (χ4n) is 12.8. The molecule has 1 aromatic rings. The molecule has 0 spiro atoms. The first-order valence-corrected chi connectivity index (χ1v) is 23.5. The molecule has 12 heteroatoms. The Bertz CT molecular complexity index is 1630. The molecule has 1 aromatic carbocycles. The molecule has 2 N–H and O–H groups in total. The van der Waals surface area contributed by atoms with Gasteiger partial charge in [-0.15, -0.1) is 0 Å². The van der Waals surface area contributed by atoms with E-state index >= 15 is 4.79 Å². The normalized spacial score (nSPS) is 42.5. The first-order valence-electron chi connectivity index (χ1n) is 23.5. The van der Waals surface area contributed by atoms with Crippen molar-refractivity contribution >= 4 is 11.8 Å². The van der Waals surface area contributed by atoms with Crippen LogP contribution in [0.25, 0.3) is 0 Å². The number of aliphatic hydroxyl groups is 1. The molecule has 342 valence electrons. The van der Waals surface area contributed by atoms with E-state index in [1.807, 2.05) is 13.0 Å². The number of Topliss-reactive ketones (excluding diaryl/α,β-unsaturated/α-hetero) is 1. The van der Waals surface area contributed by atoms with Gasteiger partial charge in [0, 0.05) is 57.7 Å². The van der Waals surface area contributed by atoms with Crippen LogP contribution in [0.3, 0.4) is 0 Å². The summed E-state index contributed by atoms with van der Waals surface area (Å²) in [6.07, 6.45) is 6.44. The second-order valence-electron chi connectivity index (χ2n) is 19.5. The highest BCUT2D eigenvalue weighted by molar-refractivity contribution is 5.99. The molecule has 61 heavy (non-hydrogen) atoms. The monoisotopic (exact) mass is 853 g/mol. The third kappa shape index (κ3) is 10.0. The minimum atomic E-state index is -1.10. The third-order valence-electron chi connectivity index (χ3n) is 15.9. The number of allylic oxidation sites excluding steroid dienone is 2. The Labute approximate surface area is 365 Å². The number of nitrogens with zero attached hydrogens (tertiary/aromatic N) is 1. The molecule has 4 aliphatic carbocycles. The van der Waals surface area contributed by atoms with Crippen LogP contribution in [0.2, 0.25) is 0 Å². The fraction of sp³-hybridized carbons (Fsp3) is 0.796. The Hall–Kier alpha value is -2.26. The summed E-state index contributed by atoms with van der Waals surface area (Å²) in [5.41, 5.74) is 1.94. The summed E-state index contributed by atoms with van der Waals surface area (Å²) in [4.78, 5) is 31.3. The standard InChI is InChI=1S/C49H76N2O10/c1-10-32-17-14-18-40(61-42-20-19-39(51(5)6)29(4)58-42)27(2)45(53)37-24-35-34-23-33(60-49(54)44-46(55-7)28(3)47(56-8)48(44)57-9)21-31(34)22-38(43(35)36(37)25-41(52)59-32)50-26-30-15-12-11-13-16-30/h11-13,15-16,24,27-29,31-36,38-40,42-44,46-50,54H,10,14,17-23,25-26H2,1-9H3/t27-,28?,29?,31+,32+,33-,34-,35+,36-,38?,39+,40+,42+,43-,44?,46?,47+,48?,49+/m1/s1. The molecule has 6 aliphatic rings. The summed E-state index contributed by atoms with van der Waals surface area (Å²) < 4.78 is 43.8. The summed E-state index contributed by atoms with van der Waals surface area (Å²) in [6.45, 7) is 8.96. The van der Waals surface area contributed by atoms with Crippen LogP contribution in [0.5, 0.6) is 0 Å². The maximum Gasteiger partial charge on any atom is 0.306 e. The van der Waals surface area contributed by atoms with Crippen LogP contribution in [0, 0.1) is 47.3 Å². The number of carbonyl (C=O) groups is 2. The number of hydrogen-bond donors (Lipinski definition) is 2. The number of hydrogen-bond acceptors (Lipinski definition) is 12. The number of rotatable bonds is 13. The van der Waals surface area contributed by atoms with Crippen molar-refractivity contribution in [3.05, 3.63) is 47.5 Å². The van der Waals surface area contributed by atoms with Gasteiger partial charge in [0.05, 0.1) is 49.0 Å². The minimum absolute atomic E-state index is 0.00795. The Kier molecular flexibility index (Phi) is 15.9. The van der Waals surface area contributed by atoms with Crippen LogP contribution < -0.4 is 5.32 Å². The van der Waals surface area contributed by atoms with Gasteiger partial charge in [0.1, 0.15) is 6.10 Å². The molecule has 0 radical (unpaired) electrons. The van der Waals surface area contributed by atoms with Crippen molar-refractivity contribution in [3.63, 3.8) is 0 Å². The van der Waals surface area contributed by atoms with E-state index in [1.54, 1.807) is 21.3 Å². The zero-order valence-electron chi connectivity index (χ0n) is 38.3. The molecule has 2 saturated heterocycles. The molecule has 2 heterocycles. The first-order chi connectivity index (χ1) is 29.4. The van der Waals surface area contributed by atoms with E-state index in [1.165, 1.54) is 5.56 Å². The molecule has 0 bridgehead atoms. The third-order valence-corrected chi connectivity index (χ3v) is 15.9. The maximum absolute atomic E-state index is 15.1. The van der Waals surface area contributed by atoms with E-state index in [-0.39, 0.29) is 103 Å². The van der Waals surface area contributed by atoms with E-state index < -0.39 is 18.1 Å². The van der Waals surface area contributed by atoms with Gasteiger partial charge in [-0.2, -0.15) is 0 Å². The Morgan fingerprint density at radius 1 is 0.918 bits per heavy atom. The van der Waals surface area contributed by atoms with Gasteiger partial charge in [0.25, 0.3) is 0 Å². The molecule has 7 rings (SSSR count). The van der Waals surface area contributed by atoms with Gasteiger partial charge in [-0.05, 0) is 114 Å². The number of methoxy groups -OCH3 is 3. The van der Waals surface area contributed by atoms with Crippen LogP contribution in [0.1, 0.15) is 97.5 Å². The average molecular weight is 853 g/mol.